The third-order valence-electron chi connectivity index (χ3n) is 3.03. The van der Waals surface area contributed by atoms with Crippen molar-refractivity contribution in [2.75, 3.05) is 0 Å². The number of ether oxygens (including phenoxy) is 1. The summed E-state index contributed by atoms with van der Waals surface area (Å²) >= 11 is 3.31. The molecule has 21 heavy (non-hydrogen) atoms. The molecule has 0 atom stereocenters. The fourth-order valence-corrected chi connectivity index (χ4v) is 2.37. The number of carbonyl (C=O) groups excluding carboxylic acids is 1. The van der Waals surface area contributed by atoms with Crippen LogP contribution in [-0.4, -0.2) is 10.7 Å². The molecule has 0 aromatic heterocycles. The quantitative estimate of drug-likeness (QED) is 0.469. The van der Waals surface area contributed by atoms with Crippen molar-refractivity contribution in [3.63, 3.8) is 0 Å². The Morgan fingerprint density at radius 2 is 1.86 bits per heavy atom. The number of nitro groups is 1. The molecule has 5 nitrogen and oxygen atoms in total. The van der Waals surface area contributed by atoms with Crippen molar-refractivity contribution < 1.29 is 14.5 Å². The summed E-state index contributed by atoms with van der Waals surface area (Å²) in [5, 5.41) is 10.6. The highest BCUT2D eigenvalue weighted by Gasteiger charge is 2.27. The molecule has 0 saturated carbocycles. The Hall–Kier alpha value is -2.47. The molecular weight excluding hydrogens is 338 g/mol. The Balaban J connectivity index is 1.92. The van der Waals surface area contributed by atoms with Crippen LogP contribution in [-0.2, 0) is 0 Å². The number of ketones is 1. The monoisotopic (exact) mass is 345 g/mol. The van der Waals surface area contributed by atoms with Crippen LogP contribution in [0.15, 0.2) is 52.7 Å². The summed E-state index contributed by atoms with van der Waals surface area (Å²) in [7, 11) is 0. The minimum Gasteiger partial charge on any atom is -0.452 e. The van der Waals surface area contributed by atoms with Gasteiger partial charge in [0.1, 0.15) is 5.75 Å². The first-order chi connectivity index (χ1) is 10.0. The molecule has 2 aromatic rings. The Kier molecular flexibility index (Phi) is 3.31. The number of hydrogen-bond donors (Lipinski definition) is 0. The van der Waals surface area contributed by atoms with Crippen molar-refractivity contribution in [3.8, 4) is 5.75 Å². The number of Topliss-reactive ketones (excluding diaryl/α,β-unsaturated/α-hetero) is 1. The SMILES string of the molecule is O=C1/C(=C/c2ccc([N+](=O)[O-])cc2)Oc2ccc(Br)cc21. The average molecular weight is 346 g/mol. The molecule has 104 valence electrons. The van der Waals surface area contributed by atoms with Gasteiger partial charge in [0.2, 0.25) is 5.78 Å². The zero-order valence-electron chi connectivity index (χ0n) is 10.6. The van der Waals surface area contributed by atoms with Gasteiger partial charge in [-0.25, -0.2) is 0 Å². The average Bonchev–Trinajstić information content (AvgIpc) is 2.76. The molecule has 0 spiro atoms. The number of rotatable bonds is 2. The lowest BCUT2D eigenvalue weighted by Gasteiger charge is -1.98. The molecule has 0 radical (unpaired) electrons. The van der Waals surface area contributed by atoms with E-state index >= 15 is 0 Å². The van der Waals surface area contributed by atoms with Gasteiger partial charge in [-0.3, -0.25) is 14.9 Å². The smallest absolute Gasteiger partial charge is 0.269 e. The minimum atomic E-state index is -0.471. The number of fused-ring (bicyclic) bond motifs is 1. The van der Waals surface area contributed by atoms with E-state index in [2.05, 4.69) is 15.9 Å². The Morgan fingerprint density at radius 3 is 2.52 bits per heavy atom. The maximum atomic E-state index is 12.2. The van der Waals surface area contributed by atoms with Crippen molar-refractivity contribution in [2.45, 2.75) is 0 Å². The molecule has 3 rings (SSSR count). The minimum absolute atomic E-state index is 0.00281. The molecule has 0 bridgehead atoms. The second-order valence-electron chi connectivity index (χ2n) is 4.43. The van der Waals surface area contributed by atoms with Gasteiger partial charge in [0, 0.05) is 16.6 Å². The van der Waals surface area contributed by atoms with Gasteiger partial charge < -0.3 is 4.74 Å². The van der Waals surface area contributed by atoms with E-state index in [1.165, 1.54) is 12.1 Å². The molecule has 2 aromatic carbocycles. The molecule has 1 aliphatic rings. The van der Waals surface area contributed by atoms with Crippen molar-refractivity contribution >= 4 is 33.5 Å². The Morgan fingerprint density at radius 1 is 1.14 bits per heavy atom. The van der Waals surface area contributed by atoms with E-state index in [0.29, 0.717) is 16.9 Å². The first-order valence-corrected chi connectivity index (χ1v) is 6.82. The molecule has 0 aliphatic carbocycles. The summed E-state index contributed by atoms with van der Waals surface area (Å²) in [5.41, 5.74) is 1.16. The molecular formula is C15H8BrNO4. The first kappa shape index (κ1) is 13.5. The highest BCUT2D eigenvalue weighted by atomic mass is 79.9. The predicted molar refractivity (Wildman–Crippen MR) is 80.2 cm³/mol. The number of hydrogen-bond acceptors (Lipinski definition) is 4. The third-order valence-corrected chi connectivity index (χ3v) is 3.52. The number of nitro benzene ring substituents is 1. The predicted octanol–water partition coefficient (Wildman–Crippen LogP) is 3.97. The van der Waals surface area contributed by atoms with Gasteiger partial charge in [0.25, 0.3) is 5.69 Å². The Labute approximate surface area is 128 Å². The zero-order chi connectivity index (χ0) is 15.0. The highest BCUT2D eigenvalue weighted by Crippen LogP contribution is 2.33. The van der Waals surface area contributed by atoms with E-state index in [-0.39, 0.29) is 17.2 Å². The van der Waals surface area contributed by atoms with Crippen LogP contribution in [0.25, 0.3) is 6.08 Å². The maximum absolute atomic E-state index is 12.2. The maximum Gasteiger partial charge on any atom is 0.269 e. The van der Waals surface area contributed by atoms with E-state index in [4.69, 9.17) is 4.74 Å². The summed E-state index contributed by atoms with van der Waals surface area (Å²) in [6, 6.07) is 11.1. The molecule has 0 fully saturated rings. The van der Waals surface area contributed by atoms with Crippen molar-refractivity contribution in [1.82, 2.24) is 0 Å². The summed E-state index contributed by atoms with van der Waals surface area (Å²) in [6.45, 7) is 0. The fraction of sp³-hybridized carbons (Fsp3) is 0. The van der Waals surface area contributed by atoms with Crippen LogP contribution >= 0.6 is 15.9 Å². The summed E-state index contributed by atoms with van der Waals surface area (Å²) in [4.78, 5) is 22.3. The van der Waals surface area contributed by atoms with Crippen molar-refractivity contribution in [2.24, 2.45) is 0 Å². The number of carbonyl (C=O) groups is 1. The van der Waals surface area contributed by atoms with Gasteiger partial charge in [-0.15, -0.1) is 0 Å². The molecule has 1 heterocycles. The summed E-state index contributed by atoms with van der Waals surface area (Å²) in [6.07, 6.45) is 1.57. The van der Waals surface area contributed by atoms with Crippen molar-refractivity contribution in [1.29, 1.82) is 0 Å². The normalized spacial score (nSPS) is 14.9. The standard InChI is InChI=1S/C15H8BrNO4/c16-10-3-6-13-12(8-10)15(18)14(21-13)7-9-1-4-11(5-2-9)17(19)20/h1-8H/b14-7-. The van der Waals surface area contributed by atoms with E-state index in [1.807, 2.05) is 0 Å². The Bertz CT molecular complexity index is 781. The van der Waals surface area contributed by atoms with Gasteiger partial charge in [-0.2, -0.15) is 0 Å². The lowest BCUT2D eigenvalue weighted by atomic mass is 10.1. The van der Waals surface area contributed by atoms with E-state index < -0.39 is 4.92 Å². The topological polar surface area (TPSA) is 69.4 Å². The summed E-state index contributed by atoms with van der Waals surface area (Å²) < 4.78 is 6.31. The largest absolute Gasteiger partial charge is 0.452 e. The number of nitrogens with zero attached hydrogens (tertiary/aromatic N) is 1. The lowest BCUT2D eigenvalue weighted by molar-refractivity contribution is -0.384. The molecule has 0 amide bonds. The van der Waals surface area contributed by atoms with Gasteiger partial charge in [0.05, 0.1) is 10.5 Å². The van der Waals surface area contributed by atoms with E-state index in [9.17, 15) is 14.9 Å². The second kappa shape index (κ2) is 5.14. The van der Waals surface area contributed by atoms with E-state index in [1.54, 1.807) is 36.4 Å². The zero-order valence-corrected chi connectivity index (χ0v) is 12.2. The second-order valence-corrected chi connectivity index (χ2v) is 5.34. The number of benzene rings is 2. The van der Waals surface area contributed by atoms with Crippen LogP contribution in [0, 0.1) is 10.1 Å². The molecule has 0 saturated heterocycles. The molecule has 1 aliphatic heterocycles. The first-order valence-electron chi connectivity index (χ1n) is 6.03. The van der Waals surface area contributed by atoms with Crippen LogP contribution in [0.5, 0.6) is 5.75 Å². The molecule has 0 unspecified atom stereocenters. The van der Waals surface area contributed by atoms with Crippen LogP contribution in [0.3, 0.4) is 0 Å². The van der Waals surface area contributed by atoms with Gasteiger partial charge in [-0.1, -0.05) is 15.9 Å². The van der Waals surface area contributed by atoms with Crippen LogP contribution < -0.4 is 4.74 Å². The molecule has 6 heteroatoms. The highest BCUT2D eigenvalue weighted by molar-refractivity contribution is 9.10. The number of halogens is 1. The van der Waals surface area contributed by atoms with Gasteiger partial charge in [0.15, 0.2) is 5.76 Å². The third kappa shape index (κ3) is 2.57. The summed E-state index contributed by atoms with van der Waals surface area (Å²) in [5.74, 6) is 0.512. The van der Waals surface area contributed by atoms with Crippen LogP contribution in [0.4, 0.5) is 5.69 Å². The van der Waals surface area contributed by atoms with Crippen LogP contribution in [0.1, 0.15) is 15.9 Å². The van der Waals surface area contributed by atoms with Crippen molar-refractivity contribution in [3.05, 3.63) is 73.9 Å². The van der Waals surface area contributed by atoms with Gasteiger partial charge >= 0.3 is 0 Å². The van der Waals surface area contributed by atoms with E-state index in [0.717, 1.165) is 4.47 Å². The lowest BCUT2D eigenvalue weighted by Crippen LogP contribution is -1.98. The number of non-ortho nitro benzene ring substituents is 1. The van der Waals surface area contributed by atoms with Gasteiger partial charge in [-0.05, 0) is 42.0 Å². The number of allylic oxidation sites excluding steroid dienone is 1. The molecule has 0 N–H and O–H groups in total. The fourth-order valence-electron chi connectivity index (χ4n) is 2.00. The van der Waals surface area contributed by atoms with Crippen LogP contribution in [0.2, 0.25) is 0 Å².